The van der Waals surface area contributed by atoms with E-state index >= 15 is 8.78 Å². The molecule has 1 saturated heterocycles. The molecule has 1 heterocycles. The lowest BCUT2D eigenvalue weighted by molar-refractivity contribution is -0.118. The average molecular weight is 616 g/mol. The summed E-state index contributed by atoms with van der Waals surface area (Å²) in [6, 6.07) is 10.6. The lowest BCUT2D eigenvalue weighted by atomic mass is 9.62. The number of benzene rings is 3. The number of ether oxygens (including phenoxy) is 1. The maximum absolute atomic E-state index is 15.8. The third-order valence-corrected chi connectivity index (χ3v) is 8.02. The van der Waals surface area contributed by atoms with E-state index in [0.29, 0.717) is 6.42 Å². The number of carboxylic acid groups (broad SMARTS) is 1. The van der Waals surface area contributed by atoms with Crippen molar-refractivity contribution in [3.63, 3.8) is 0 Å². The smallest absolute Gasteiger partial charge is 0.335 e. The van der Waals surface area contributed by atoms with Crippen LogP contribution < -0.4 is 15.4 Å². The summed E-state index contributed by atoms with van der Waals surface area (Å²) >= 11 is 12.3. The summed E-state index contributed by atoms with van der Waals surface area (Å²) in [5, 5.41) is 15.4. The molecule has 0 aromatic heterocycles. The Morgan fingerprint density at radius 3 is 2.45 bits per heavy atom. The number of halogens is 4. The van der Waals surface area contributed by atoms with Crippen LogP contribution in [0.1, 0.15) is 54.6 Å². The molecule has 3 N–H and O–H groups in total. The topological polar surface area (TPSA) is 87.7 Å². The van der Waals surface area contributed by atoms with Crippen molar-refractivity contribution in [2.24, 2.45) is 5.41 Å². The van der Waals surface area contributed by atoms with Crippen LogP contribution in [0.4, 0.5) is 14.5 Å². The van der Waals surface area contributed by atoms with Gasteiger partial charge in [0.2, 0.25) is 5.91 Å². The highest BCUT2D eigenvalue weighted by molar-refractivity contribution is 6.31. The van der Waals surface area contributed by atoms with Crippen LogP contribution >= 0.6 is 23.2 Å². The quantitative estimate of drug-likeness (QED) is 0.248. The second kappa shape index (κ2) is 11.9. The number of nitrogens with one attached hydrogen (secondary N) is 2. The number of rotatable bonds is 7. The number of methoxy groups -OCH3 is 1. The van der Waals surface area contributed by atoms with E-state index in [2.05, 4.69) is 16.6 Å². The highest BCUT2D eigenvalue weighted by Crippen LogP contribution is 2.53. The van der Waals surface area contributed by atoms with E-state index in [1.807, 2.05) is 20.8 Å². The van der Waals surface area contributed by atoms with Gasteiger partial charge in [-0.2, -0.15) is 0 Å². The van der Waals surface area contributed by atoms with Crippen LogP contribution in [0.15, 0.2) is 54.6 Å². The molecular weight excluding hydrogens is 585 g/mol. The second-order valence-electron chi connectivity index (χ2n) is 11.4. The Kier molecular flexibility index (Phi) is 8.89. The predicted octanol–water partition coefficient (Wildman–Crippen LogP) is 7.05. The molecule has 3 aromatic rings. The maximum atomic E-state index is 15.8. The zero-order valence-electron chi connectivity index (χ0n) is 23.4. The van der Waals surface area contributed by atoms with Gasteiger partial charge in [-0.15, -0.1) is 6.42 Å². The van der Waals surface area contributed by atoms with Gasteiger partial charge < -0.3 is 20.5 Å². The van der Waals surface area contributed by atoms with Gasteiger partial charge in [-0.1, -0.05) is 68.1 Å². The predicted molar refractivity (Wildman–Crippen MR) is 159 cm³/mol. The van der Waals surface area contributed by atoms with Crippen molar-refractivity contribution in [1.29, 1.82) is 0 Å². The Morgan fingerprint density at radius 2 is 1.86 bits per heavy atom. The molecule has 0 saturated carbocycles. The Balaban J connectivity index is 1.95. The van der Waals surface area contributed by atoms with Crippen molar-refractivity contribution in [2.45, 2.75) is 50.6 Å². The molecule has 1 aliphatic rings. The van der Waals surface area contributed by atoms with Gasteiger partial charge in [0.1, 0.15) is 17.4 Å². The number of carboxylic acids is 1. The molecule has 4 atom stereocenters. The van der Waals surface area contributed by atoms with Crippen molar-refractivity contribution in [3.8, 4) is 18.1 Å². The fraction of sp³-hybridized carbons (Fsp3) is 0.312. The Labute approximate surface area is 253 Å². The molecule has 0 spiro atoms. The van der Waals surface area contributed by atoms with Crippen molar-refractivity contribution in [1.82, 2.24) is 5.32 Å². The molecule has 6 nitrogen and oxygen atoms in total. The van der Waals surface area contributed by atoms with E-state index in [1.165, 1.54) is 49.6 Å². The molecule has 1 aliphatic heterocycles. The van der Waals surface area contributed by atoms with Gasteiger partial charge in [0.15, 0.2) is 0 Å². The number of hydrogen-bond acceptors (Lipinski definition) is 4. The Bertz CT molecular complexity index is 1580. The van der Waals surface area contributed by atoms with E-state index in [0.717, 1.165) is 6.07 Å². The lowest BCUT2D eigenvalue weighted by Gasteiger charge is -2.39. The summed E-state index contributed by atoms with van der Waals surface area (Å²) in [6.45, 7) is 5.93. The Hall–Kier alpha value is -3.64. The number of hydrogen-bond donors (Lipinski definition) is 3. The summed E-state index contributed by atoms with van der Waals surface area (Å²) in [5.41, 5.74) is -1.65. The van der Waals surface area contributed by atoms with Gasteiger partial charge in [-0.05, 0) is 53.8 Å². The van der Waals surface area contributed by atoms with Gasteiger partial charge >= 0.3 is 5.97 Å². The SMILES string of the molecule is C#C[C@]1(c2ccc(Cl)cc2F)[C@H](CC(C)(C)C)N[C@@H](C(=O)Nc2ccc(C(=O)O)cc2OC)[C@@H]1c1cccc(Cl)c1F. The summed E-state index contributed by atoms with van der Waals surface area (Å²) in [5.74, 6) is -1.51. The number of carbonyl (C=O) groups excluding carboxylic acids is 1. The van der Waals surface area contributed by atoms with Crippen molar-refractivity contribution in [3.05, 3.63) is 93.0 Å². The summed E-state index contributed by atoms with van der Waals surface area (Å²) < 4.78 is 36.9. The zero-order valence-corrected chi connectivity index (χ0v) is 24.9. The van der Waals surface area contributed by atoms with Crippen LogP contribution in [0.5, 0.6) is 5.75 Å². The zero-order chi connectivity index (χ0) is 31.0. The summed E-state index contributed by atoms with van der Waals surface area (Å²) in [7, 11) is 1.33. The molecule has 1 fully saturated rings. The highest BCUT2D eigenvalue weighted by atomic mass is 35.5. The van der Waals surface area contributed by atoms with E-state index < -0.39 is 46.9 Å². The summed E-state index contributed by atoms with van der Waals surface area (Å²) in [6.07, 6.45) is 6.67. The van der Waals surface area contributed by atoms with Crippen LogP contribution in [0.3, 0.4) is 0 Å². The van der Waals surface area contributed by atoms with Gasteiger partial charge in [-0.3, -0.25) is 4.79 Å². The molecule has 10 heteroatoms. The largest absolute Gasteiger partial charge is 0.495 e. The molecule has 0 radical (unpaired) electrons. The van der Waals surface area contributed by atoms with E-state index in [4.69, 9.17) is 34.4 Å². The van der Waals surface area contributed by atoms with Gasteiger partial charge in [0, 0.05) is 22.5 Å². The fourth-order valence-electron chi connectivity index (χ4n) is 5.76. The van der Waals surface area contributed by atoms with E-state index in [-0.39, 0.29) is 43.6 Å². The standard InChI is InChI=1S/C32H30Cl2F2N2O4/c1-6-32(20-12-11-18(33)15-22(20)35)25(16-31(2,3)4)38-28(26(32)19-8-7-9-21(34)27(19)36)29(39)37-23-13-10-17(30(40)41)14-24(23)42-5/h1,7-15,25-26,28,38H,16H2,2-5H3,(H,37,39)(H,40,41)/t25-,26-,28+,32-/m0/s1. The first-order valence-electron chi connectivity index (χ1n) is 13.1. The third kappa shape index (κ3) is 5.82. The van der Waals surface area contributed by atoms with Crippen molar-refractivity contribution >= 4 is 40.8 Å². The molecule has 42 heavy (non-hydrogen) atoms. The number of aromatic carboxylic acids is 1. The molecule has 4 rings (SSSR count). The molecule has 0 bridgehead atoms. The fourth-order valence-corrected chi connectivity index (χ4v) is 6.10. The highest BCUT2D eigenvalue weighted by Gasteiger charge is 2.59. The van der Waals surface area contributed by atoms with E-state index in [9.17, 15) is 14.7 Å². The minimum absolute atomic E-state index is 0.0343. The molecule has 3 aromatic carbocycles. The summed E-state index contributed by atoms with van der Waals surface area (Å²) in [4.78, 5) is 25.5. The van der Waals surface area contributed by atoms with Gasteiger partial charge in [0.05, 0.1) is 34.8 Å². The average Bonchev–Trinajstić information content (AvgIpc) is 3.23. The molecule has 220 valence electrons. The molecule has 0 unspecified atom stereocenters. The number of carbonyl (C=O) groups is 2. The molecule has 0 aliphatic carbocycles. The van der Waals surface area contributed by atoms with Gasteiger partial charge in [-0.25, -0.2) is 13.6 Å². The molecular formula is C32H30Cl2F2N2O4. The minimum Gasteiger partial charge on any atom is -0.495 e. The minimum atomic E-state index is -1.56. The van der Waals surface area contributed by atoms with Gasteiger partial charge in [0.25, 0.3) is 0 Å². The van der Waals surface area contributed by atoms with Crippen molar-refractivity contribution < 1.29 is 28.2 Å². The van der Waals surface area contributed by atoms with Crippen LogP contribution in [-0.4, -0.2) is 36.2 Å². The molecule has 1 amide bonds. The maximum Gasteiger partial charge on any atom is 0.335 e. The first kappa shape index (κ1) is 31.3. The first-order chi connectivity index (χ1) is 19.7. The van der Waals surface area contributed by atoms with Crippen LogP contribution in [0, 0.1) is 29.4 Å². The number of anilines is 1. The number of amides is 1. The number of terminal acetylenes is 1. The van der Waals surface area contributed by atoms with Crippen LogP contribution in [-0.2, 0) is 10.2 Å². The lowest BCUT2D eigenvalue weighted by Crippen LogP contribution is -2.45. The first-order valence-corrected chi connectivity index (χ1v) is 13.8. The monoisotopic (exact) mass is 614 g/mol. The van der Waals surface area contributed by atoms with Crippen LogP contribution in [0.25, 0.3) is 0 Å². The normalized spacial score (nSPS) is 21.9. The van der Waals surface area contributed by atoms with E-state index in [1.54, 1.807) is 6.07 Å². The third-order valence-electron chi connectivity index (χ3n) is 7.49. The van der Waals surface area contributed by atoms with Crippen LogP contribution in [0.2, 0.25) is 10.0 Å². The second-order valence-corrected chi connectivity index (χ2v) is 12.3. The van der Waals surface area contributed by atoms with Crippen molar-refractivity contribution in [2.75, 3.05) is 12.4 Å². The Morgan fingerprint density at radius 1 is 1.14 bits per heavy atom.